The molecule has 0 aromatic heterocycles. The van der Waals surface area contributed by atoms with Gasteiger partial charge in [-0.25, -0.2) is 9.38 Å². The highest BCUT2D eigenvalue weighted by Crippen LogP contribution is 2.14. The van der Waals surface area contributed by atoms with Crippen LogP contribution < -0.4 is 5.73 Å². The number of benzene rings is 1. The van der Waals surface area contributed by atoms with E-state index >= 15 is 0 Å². The number of rotatable bonds is 3. The summed E-state index contributed by atoms with van der Waals surface area (Å²) in [5, 5.41) is 0. The number of nitrogens with zero attached hydrogens (tertiary/aromatic N) is 1. The number of aliphatic imine (C=N–C) groups is 1. The van der Waals surface area contributed by atoms with Crippen LogP contribution in [-0.2, 0) is 4.74 Å². The molecule has 1 aromatic rings. The lowest BCUT2D eigenvalue weighted by Crippen LogP contribution is -2.12. The SMILES string of the molecule is NCCC1COC(c2cccc(F)c2)=N1. The molecule has 1 aromatic carbocycles. The van der Waals surface area contributed by atoms with Crippen molar-refractivity contribution in [3.05, 3.63) is 35.6 Å². The van der Waals surface area contributed by atoms with Crippen molar-refractivity contribution < 1.29 is 9.13 Å². The number of hydrogen-bond donors (Lipinski definition) is 1. The molecule has 1 unspecified atom stereocenters. The van der Waals surface area contributed by atoms with Crippen molar-refractivity contribution in [2.24, 2.45) is 10.7 Å². The first-order chi connectivity index (χ1) is 7.29. The second kappa shape index (κ2) is 4.40. The predicted octanol–water partition coefficient (Wildman–Crippen LogP) is 1.32. The van der Waals surface area contributed by atoms with Gasteiger partial charge in [0.25, 0.3) is 0 Å². The van der Waals surface area contributed by atoms with Crippen LogP contribution in [0.4, 0.5) is 4.39 Å². The lowest BCUT2D eigenvalue weighted by atomic mass is 10.2. The second-order valence-electron chi connectivity index (χ2n) is 3.49. The van der Waals surface area contributed by atoms with E-state index < -0.39 is 0 Å². The minimum atomic E-state index is -0.277. The Kier molecular flexibility index (Phi) is 2.97. The summed E-state index contributed by atoms with van der Waals surface area (Å²) < 4.78 is 18.3. The largest absolute Gasteiger partial charge is 0.475 e. The Morgan fingerprint density at radius 1 is 1.53 bits per heavy atom. The van der Waals surface area contributed by atoms with Crippen LogP contribution in [0.25, 0.3) is 0 Å². The molecular weight excluding hydrogens is 195 g/mol. The van der Waals surface area contributed by atoms with Crippen molar-refractivity contribution in [2.45, 2.75) is 12.5 Å². The third-order valence-electron chi connectivity index (χ3n) is 2.28. The average molecular weight is 208 g/mol. The minimum absolute atomic E-state index is 0.119. The molecule has 1 aliphatic rings. The molecule has 0 saturated carbocycles. The van der Waals surface area contributed by atoms with Gasteiger partial charge in [-0.2, -0.15) is 0 Å². The zero-order valence-electron chi connectivity index (χ0n) is 8.32. The van der Waals surface area contributed by atoms with Crippen molar-refractivity contribution >= 4 is 5.90 Å². The third-order valence-corrected chi connectivity index (χ3v) is 2.28. The van der Waals surface area contributed by atoms with Gasteiger partial charge in [-0.05, 0) is 31.2 Å². The first-order valence-corrected chi connectivity index (χ1v) is 4.96. The summed E-state index contributed by atoms with van der Waals surface area (Å²) in [6.07, 6.45) is 0.804. The molecule has 1 atom stereocenters. The van der Waals surface area contributed by atoms with Gasteiger partial charge in [0.05, 0.1) is 6.04 Å². The summed E-state index contributed by atoms with van der Waals surface area (Å²) in [6.45, 7) is 1.14. The molecule has 2 N–H and O–H groups in total. The summed E-state index contributed by atoms with van der Waals surface area (Å²) in [7, 11) is 0. The molecule has 0 aliphatic carbocycles. The van der Waals surface area contributed by atoms with E-state index in [0.29, 0.717) is 24.6 Å². The van der Waals surface area contributed by atoms with Gasteiger partial charge in [0, 0.05) is 5.56 Å². The molecule has 0 bridgehead atoms. The van der Waals surface area contributed by atoms with E-state index in [9.17, 15) is 4.39 Å². The molecule has 1 aliphatic heterocycles. The van der Waals surface area contributed by atoms with Crippen LogP contribution in [0.15, 0.2) is 29.3 Å². The minimum Gasteiger partial charge on any atom is -0.475 e. The summed E-state index contributed by atoms with van der Waals surface area (Å²) in [4.78, 5) is 4.34. The van der Waals surface area contributed by atoms with Gasteiger partial charge in [-0.1, -0.05) is 6.07 Å². The summed E-state index contributed by atoms with van der Waals surface area (Å²) >= 11 is 0. The summed E-state index contributed by atoms with van der Waals surface area (Å²) in [5.74, 6) is 0.244. The van der Waals surface area contributed by atoms with E-state index in [2.05, 4.69) is 4.99 Å². The van der Waals surface area contributed by atoms with E-state index in [0.717, 1.165) is 6.42 Å². The summed E-state index contributed by atoms with van der Waals surface area (Å²) in [5.41, 5.74) is 6.12. The van der Waals surface area contributed by atoms with E-state index in [1.54, 1.807) is 12.1 Å². The van der Waals surface area contributed by atoms with Gasteiger partial charge in [-0.3, -0.25) is 0 Å². The highest BCUT2D eigenvalue weighted by Gasteiger charge is 2.19. The fourth-order valence-corrected chi connectivity index (χ4v) is 1.54. The van der Waals surface area contributed by atoms with Crippen molar-refractivity contribution in [1.29, 1.82) is 0 Å². The number of halogens is 1. The highest BCUT2D eigenvalue weighted by molar-refractivity contribution is 5.95. The van der Waals surface area contributed by atoms with E-state index in [1.807, 2.05) is 0 Å². The number of nitrogens with two attached hydrogens (primary N) is 1. The molecular formula is C11H13FN2O. The van der Waals surface area contributed by atoms with Crippen LogP contribution in [0.1, 0.15) is 12.0 Å². The van der Waals surface area contributed by atoms with Gasteiger partial charge < -0.3 is 10.5 Å². The topological polar surface area (TPSA) is 47.6 Å². The number of hydrogen-bond acceptors (Lipinski definition) is 3. The van der Waals surface area contributed by atoms with Gasteiger partial charge >= 0.3 is 0 Å². The predicted molar refractivity (Wildman–Crippen MR) is 56.3 cm³/mol. The van der Waals surface area contributed by atoms with Crippen LogP contribution in [0.5, 0.6) is 0 Å². The zero-order chi connectivity index (χ0) is 10.7. The van der Waals surface area contributed by atoms with Crippen molar-refractivity contribution in [1.82, 2.24) is 0 Å². The fraction of sp³-hybridized carbons (Fsp3) is 0.364. The van der Waals surface area contributed by atoms with Crippen LogP contribution in [0, 0.1) is 5.82 Å². The standard InChI is InChI=1S/C11H13FN2O/c12-9-3-1-2-8(6-9)11-14-10(4-5-13)7-15-11/h1-3,6,10H,4-5,7,13H2. The van der Waals surface area contributed by atoms with Crippen molar-refractivity contribution in [3.63, 3.8) is 0 Å². The molecule has 3 nitrogen and oxygen atoms in total. The van der Waals surface area contributed by atoms with E-state index in [-0.39, 0.29) is 11.9 Å². The quantitative estimate of drug-likeness (QED) is 0.814. The Balaban J connectivity index is 2.15. The maximum Gasteiger partial charge on any atom is 0.216 e. The normalized spacial score (nSPS) is 19.9. The Bertz CT molecular complexity index is 379. The highest BCUT2D eigenvalue weighted by atomic mass is 19.1. The molecule has 2 rings (SSSR count). The lowest BCUT2D eigenvalue weighted by molar-refractivity contribution is 0.313. The fourth-order valence-electron chi connectivity index (χ4n) is 1.54. The molecule has 4 heteroatoms. The first-order valence-electron chi connectivity index (χ1n) is 4.96. The molecule has 80 valence electrons. The Hall–Kier alpha value is -1.42. The average Bonchev–Trinajstić information content (AvgIpc) is 2.67. The molecule has 0 fully saturated rings. The molecule has 0 radical (unpaired) electrons. The summed E-state index contributed by atoms with van der Waals surface area (Å²) in [6, 6.07) is 6.37. The Morgan fingerprint density at radius 3 is 3.13 bits per heavy atom. The number of ether oxygens (including phenoxy) is 1. The van der Waals surface area contributed by atoms with Gasteiger partial charge in [-0.15, -0.1) is 0 Å². The molecule has 1 heterocycles. The molecule has 0 spiro atoms. The van der Waals surface area contributed by atoms with Crippen LogP contribution in [-0.4, -0.2) is 25.1 Å². The monoisotopic (exact) mass is 208 g/mol. The maximum absolute atomic E-state index is 12.9. The van der Waals surface area contributed by atoms with Gasteiger partial charge in [0.15, 0.2) is 0 Å². The van der Waals surface area contributed by atoms with Crippen molar-refractivity contribution in [2.75, 3.05) is 13.2 Å². The second-order valence-corrected chi connectivity index (χ2v) is 3.49. The van der Waals surface area contributed by atoms with Gasteiger partial charge in [0.1, 0.15) is 12.4 Å². The van der Waals surface area contributed by atoms with E-state index in [1.165, 1.54) is 12.1 Å². The van der Waals surface area contributed by atoms with Crippen LogP contribution >= 0.6 is 0 Å². The van der Waals surface area contributed by atoms with E-state index in [4.69, 9.17) is 10.5 Å². The Labute approximate surface area is 87.8 Å². The van der Waals surface area contributed by atoms with Crippen LogP contribution in [0.3, 0.4) is 0 Å². The van der Waals surface area contributed by atoms with Crippen LogP contribution in [0.2, 0.25) is 0 Å². The third kappa shape index (κ3) is 2.33. The zero-order valence-corrected chi connectivity index (χ0v) is 8.32. The van der Waals surface area contributed by atoms with Crippen molar-refractivity contribution in [3.8, 4) is 0 Å². The molecule has 0 saturated heterocycles. The smallest absolute Gasteiger partial charge is 0.216 e. The maximum atomic E-state index is 12.9. The van der Waals surface area contributed by atoms with Gasteiger partial charge in [0.2, 0.25) is 5.90 Å². The molecule has 0 amide bonds. The first kappa shape index (κ1) is 10.1. The molecule has 15 heavy (non-hydrogen) atoms. The Morgan fingerprint density at radius 2 is 2.40 bits per heavy atom. The lowest BCUT2D eigenvalue weighted by Gasteiger charge is -2.00.